The smallest absolute Gasteiger partial charge is 0.872 e. The third-order valence-electron chi connectivity index (χ3n) is 6.35. The van der Waals surface area contributed by atoms with Crippen LogP contribution in [0, 0.1) is 0 Å². The predicted molar refractivity (Wildman–Crippen MR) is 118 cm³/mol. The van der Waals surface area contributed by atoms with Crippen LogP contribution in [0.25, 0.3) is 43.6 Å². The molecule has 0 aliphatic heterocycles. The molecule has 0 bridgehead atoms. The summed E-state index contributed by atoms with van der Waals surface area (Å²) in [7, 11) is 0. The first-order valence-corrected chi connectivity index (χ1v) is 9.67. The Morgan fingerprint density at radius 3 is 2.21 bits per heavy atom. The third-order valence-corrected chi connectivity index (χ3v) is 6.35. The van der Waals surface area contributed by atoms with E-state index in [-0.39, 0.29) is 21.3 Å². The zero-order valence-electron chi connectivity index (χ0n) is 16.5. The van der Waals surface area contributed by atoms with Crippen molar-refractivity contribution in [3.63, 3.8) is 0 Å². The summed E-state index contributed by atoms with van der Waals surface area (Å²) in [5.74, 6) is 0.0936. The molecule has 0 spiro atoms. The standard InChI is InChI=1S/C26H19NO.Be/c1-26(2)23-19-10-6-4-8-17(19)14-27-25(23)22-20(28)13-16-12-11-15-7-3-5-9-18(15)21(16)24(22)26;/h3-14,28H,1-2H3;/q;+2. The van der Waals surface area contributed by atoms with Crippen LogP contribution in [0.4, 0.5) is 0 Å². The van der Waals surface area contributed by atoms with E-state index >= 15 is 0 Å². The maximum Gasteiger partial charge on any atom is 2.00 e. The van der Waals surface area contributed by atoms with Crippen molar-refractivity contribution >= 4 is 42.4 Å². The normalized spacial score (nSPS) is 14.0. The number of benzene rings is 4. The molecule has 0 atom stereocenters. The minimum atomic E-state index is -0.273. The third kappa shape index (κ3) is 2.18. The Kier molecular flexibility index (Phi) is 3.62. The molecule has 1 aromatic heterocycles. The van der Waals surface area contributed by atoms with Gasteiger partial charge in [0.15, 0.2) is 6.20 Å². The number of fused-ring (bicyclic) bond motifs is 9. The number of rotatable bonds is 0. The predicted octanol–water partition coefficient (Wildman–Crippen LogP) is 4.96. The topological polar surface area (TPSA) is 37.2 Å². The van der Waals surface area contributed by atoms with Crippen molar-refractivity contribution in [1.29, 1.82) is 0 Å². The van der Waals surface area contributed by atoms with Crippen LogP contribution in [0.1, 0.15) is 25.0 Å². The van der Waals surface area contributed by atoms with Crippen LogP contribution in [0.5, 0.6) is 5.75 Å². The second-order valence-corrected chi connectivity index (χ2v) is 8.26. The van der Waals surface area contributed by atoms with Crippen molar-refractivity contribution in [2.24, 2.45) is 0 Å². The molecule has 134 valence electrons. The summed E-state index contributed by atoms with van der Waals surface area (Å²) < 4.78 is 0. The molecule has 1 N–H and O–H groups in total. The molecule has 29 heavy (non-hydrogen) atoms. The van der Waals surface area contributed by atoms with Gasteiger partial charge in [-0.05, 0) is 38.6 Å². The Morgan fingerprint density at radius 1 is 0.759 bits per heavy atom. The van der Waals surface area contributed by atoms with E-state index in [4.69, 9.17) is 0 Å². The molecule has 0 amide bonds. The van der Waals surface area contributed by atoms with Crippen LogP contribution in [0.15, 0.2) is 72.9 Å². The SMILES string of the molecule is CC1(C)c2c([nH+]cc3ccccc23)-c2c([O-])cc3ccc4ccccc4c3c21.[Be+2]. The molecular weight excluding hydrogens is 351 g/mol. The Labute approximate surface area is 173 Å². The van der Waals surface area contributed by atoms with Gasteiger partial charge in [-0.3, -0.25) is 0 Å². The van der Waals surface area contributed by atoms with Crippen LogP contribution in [0.3, 0.4) is 0 Å². The molecule has 0 unspecified atom stereocenters. The average Bonchev–Trinajstić information content (AvgIpc) is 2.96. The van der Waals surface area contributed by atoms with Gasteiger partial charge in [0.05, 0.1) is 0 Å². The molecule has 2 nitrogen and oxygen atoms in total. The average molecular weight is 370 g/mol. The molecule has 0 saturated heterocycles. The molecule has 3 heteroatoms. The minimum absolute atomic E-state index is 0. The quantitative estimate of drug-likeness (QED) is 0.280. The number of pyridine rings is 1. The van der Waals surface area contributed by atoms with Gasteiger partial charge in [-0.25, -0.2) is 4.98 Å². The monoisotopic (exact) mass is 370 g/mol. The zero-order chi connectivity index (χ0) is 19.0. The molecule has 0 fully saturated rings. The van der Waals surface area contributed by atoms with Crippen molar-refractivity contribution in [2.75, 3.05) is 0 Å². The first-order valence-electron chi connectivity index (χ1n) is 9.67. The van der Waals surface area contributed by atoms with Crippen LogP contribution in [0.2, 0.25) is 0 Å². The van der Waals surface area contributed by atoms with E-state index in [1.165, 1.54) is 32.5 Å². The fraction of sp³-hybridized carbons (Fsp3) is 0.115. The summed E-state index contributed by atoms with van der Waals surface area (Å²) in [6.07, 6.45) is 2.02. The molecule has 5 aromatic rings. The van der Waals surface area contributed by atoms with E-state index in [1.807, 2.05) is 6.20 Å². The summed E-state index contributed by atoms with van der Waals surface area (Å²) in [5, 5.41) is 20.2. The fourth-order valence-corrected chi connectivity index (χ4v) is 5.20. The fourth-order valence-electron chi connectivity index (χ4n) is 5.20. The van der Waals surface area contributed by atoms with Crippen molar-refractivity contribution in [3.05, 3.63) is 84.1 Å². The van der Waals surface area contributed by atoms with Crippen molar-refractivity contribution in [2.45, 2.75) is 19.3 Å². The van der Waals surface area contributed by atoms with Gasteiger partial charge in [-0.1, -0.05) is 80.3 Å². The van der Waals surface area contributed by atoms with Crippen molar-refractivity contribution in [1.82, 2.24) is 0 Å². The number of nitrogens with one attached hydrogen (secondary N) is 1. The molecule has 6 rings (SSSR count). The Bertz CT molecular complexity index is 1450. The number of aromatic amines is 1. The van der Waals surface area contributed by atoms with E-state index in [2.05, 4.69) is 79.5 Å². The number of aromatic nitrogens is 1. The van der Waals surface area contributed by atoms with Crippen LogP contribution in [-0.4, -0.2) is 10.1 Å². The van der Waals surface area contributed by atoms with Crippen LogP contribution in [-0.2, 0) is 5.41 Å². The van der Waals surface area contributed by atoms with Crippen LogP contribution < -0.4 is 10.1 Å². The summed E-state index contributed by atoms with van der Waals surface area (Å²) in [4.78, 5) is 3.46. The van der Waals surface area contributed by atoms with E-state index in [9.17, 15) is 5.11 Å². The van der Waals surface area contributed by atoms with E-state index in [0.717, 1.165) is 22.2 Å². The second kappa shape index (κ2) is 5.89. The van der Waals surface area contributed by atoms with Gasteiger partial charge >= 0.3 is 10.1 Å². The van der Waals surface area contributed by atoms with Gasteiger partial charge in [0.25, 0.3) is 0 Å². The zero-order valence-corrected chi connectivity index (χ0v) is 16.5. The van der Waals surface area contributed by atoms with Crippen LogP contribution >= 0.6 is 0 Å². The van der Waals surface area contributed by atoms with Crippen molar-refractivity contribution in [3.8, 4) is 17.0 Å². The Hall–Kier alpha value is -3.22. The molecule has 1 heterocycles. The maximum atomic E-state index is 13.2. The Balaban J connectivity index is 0.00000181. The maximum absolute atomic E-state index is 13.2. The summed E-state index contributed by atoms with van der Waals surface area (Å²) in [5.41, 5.74) is 3.89. The van der Waals surface area contributed by atoms with Gasteiger partial charge in [-0.2, -0.15) is 0 Å². The second-order valence-electron chi connectivity index (χ2n) is 8.26. The molecule has 0 saturated carbocycles. The first kappa shape index (κ1) is 17.8. The summed E-state index contributed by atoms with van der Waals surface area (Å²) in [6, 6.07) is 22.9. The molecule has 0 radical (unpaired) electrons. The number of H-pyrrole nitrogens is 1. The first-order chi connectivity index (χ1) is 13.6. The molecule has 1 aliphatic rings. The molecular formula is C26H19BeNO+2. The number of hydrogen-bond acceptors (Lipinski definition) is 1. The largest absolute Gasteiger partial charge is 2.00 e. The molecule has 4 aromatic carbocycles. The van der Waals surface area contributed by atoms with Gasteiger partial charge in [0.1, 0.15) is 0 Å². The van der Waals surface area contributed by atoms with Gasteiger partial charge in [-0.15, -0.1) is 0 Å². The van der Waals surface area contributed by atoms with Crippen molar-refractivity contribution < 1.29 is 10.1 Å². The van der Waals surface area contributed by atoms with Gasteiger partial charge in [0, 0.05) is 21.9 Å². The van der Waals surface area contributed by atoms with E-state index < -0.39 is 0 Å². The summed E-state index contributed by atoms with van der Waals surface area (Å²) >= 11 is 0. The van der Waals surface area contributed by atoms with E-state index in [0.29, 0.717) is 0 Å². The molecule has 1 aliphatic carbocycles. The Morgan fingerprint density at radius 2 is 1.41 bits per heavy atom. The number of hydrogen-bond donors (Lipinski definition) is 0. The minimum Gasteiger partial charge on any atom is -0.872 e. The van der Waals surface area contributed by atoms with E-state index in [1.54, 1.807) is 6.07 Å². The van der Waals surface area contributed by atoms with Gasteiger partial charge in [0.2, 0.25) is 5.69 Å². The summed E-state index contributed by atoms with van der Waals surface area (Å²) in [6.45, 7) is 4.50. The van der Waals surface area contributed by atoms with Gasteiger partial charge < -0.3 is 5.11 Å².